The van der Waals surface area contributed by atoms with E-state index in [1.807, 2.05) is 0 Å². The van der Waals surface area contributed by atoms with Gasteiger partial charge in [0, 0.05) is 11.3 Å². The van der Waals surface area contributed by atoms with Gasteiger partial charge in [-0.25, -0.2) is 8.42 Å². The Morgan fingerprint density at radius 1 is 1.37 bits per heavy atom. The predicted molar refractivity (Wildman–Crippen MR) is 73.8 cm³/mol. The van der Waals surface area contributed by atoms with Crippen molar-refractivity contribution in [2.24, 2.45) is 10.9 Å². The summed E-state index contributed by atoms with van der Waals surface area (Å²) in [5, 5.41) is 11.2. The molecule has 0 aliphatic heterocycles. The van der Waals surface area contributed by atoms with Crippen LogP contribution in [0.1, 0.15) is 31.2 Å². The van der Waals surface area contributed by atoms with Crippen LogP contribution in [0.5, 0.6) is 0 Å². The fourth-order valence-electron chi connectivity index (χ4n) is 2.25. The molecule has 7 heteroatoms. The number of anilines is 1. The molecule has 6 nitrogen and oxygen atoms in total. The van der Waals surface area contributed by atoms with Crippen LogP contribution >= 0.6 is 0 Å². The molecule has 0 amide bonds. The third-order valence-electron chi connectivity index (χ3n) is 3.27. The highest BCUT2D eigenvalue weighted by molar-refractivity contribution is 7.93. The molecule has 0 heterocycles. The van der Waals surface area contributed by atoms with E-state index < -0.39 is 10.0 Å². The first-order valence-electron chi connectivity index (χ1n) is 6.12. The van der Waals surface area contributed by atoms with Crippen molar-refractivity contribution in [3.8, 4) is 0 Å². The first-order chi connectivity index (χ1) is 9.03. The maximum Gasteiger partial charge on any atom is 0.235 e. The minimum absolute atomic E-state index is 0.0538. The smallest absolute Gasteiger partial charge is 0.235 e. The van der Waals surface area contributed by atoms with Gasteiger partial charge in [-0.3, -0.25) is 4.72 Å². The van der Waals surface area contributed by atoms with E-state index in [2.05, 4.69) is 9.88 Å². The van der Waals surface area contributed by atoms with Gasteiger partial charge < -0.3 is 10.9 Å². The van der Waals surface area contributed by atoms with Gasteiger partial charge in [0.05, 0.1) is 5.25 Å². The molecular formula is C12H17N3O3S. The second-order valence-electron chi connectivity index (χ2n) is 4.62. The van der Waals surface area contributed by atoms with Crippen molar-refractivity contribution in [2.75, 3.05) is 4.72 Å². The predicted octanol–water partition coefficient (Wildman–Crippen LogP) is 1.47. The zero-order valence-electron chi connectivity index (χ0n) is 10.4. The quantitative estimate of drug-likeness (QED) is 0.337. The third kappa shape index (κ3) is 3.17. The molecule has 1 aromatic rings. The van der Waals surface area contributed by atoms with Crippen LogP contribution < -0.4 is 10.5 Å². The SMILES string of the molecule is N/C(=N/O)c1cccc(NS(=O)(=O)C2CCCC2)c1. The van der Waals surface area contributed by atoms with Gasteiger partial charge in [0.15, 0.2) is 5.84 Å². The van der Waals surface area contributed by atoms with Crippen molar-refractivity contribution in [1.82, 2.24) is 0 Å². The molecular weight excluding hydrogens is 266 g/mol. The number of sulfonamides is 1. The molecule has 4 N–H and O–H groups in total. The number of hydrogen-bond acceptors (Lipinski definition) is 4. The lowest BCUT2D eigenvalue weighted by molar-refractivity contribution is 0.318. The summed E-state index contributed by atoms with van der Waals surface area (Å²) in [7, 11) is -3.36. The Balaban J connectivity index is 2.19. The number of benzene rings is 1. The van der Waals surface area contributed by atoms with Crippen LogP contribution in [-0.4, -0.2) is 24.7 Å². The van der Waals surface area contributed by atoms with E-state index in [-0.39, 0.29) is 11.1 Å². The normalized spacial score (nSPS) is 17.6. The molecule has 2 rings (SSSR count). The molecule has 1 saturated carbocycles. The molecule has 0 spiro atoms. The van der Waals surface area contributed by atoms with Crippen LogP contribution in [0.2, 0.25) is 0 Å². The topological polar surface area (TPSA) is 105 Å². The Bertz CT molecular complexity index is 578. The van der Waals surface area contributed by atoms with Crippen LogP contribution in [0.15, 0.2) is 29.4 Å². The van der Waals surface area contributed by atoms with Crippen LogP contribution in [-0.2, 0) is 10.0 Å². The highest BCUT2D eigenvalue weighted by Gasteiger charge is 2.28. The van der Waals surface area contributed by atoms with Gasteiger partial charge in [-0.2, -0.15) is 0 Å². The maximum absolute atomic E-state index is 12.1. The van der Waals surface area contributed by atoms with E-state index in [1.165, 1.54) is 0 Å². The van der Waals surface area contributed by atoms with Gasteiger partial charge in [0.1, 0.15) is 0 Å². The number of rotatable bonds is 4. The van der Waals surface area contributed by atoms with Crippen molar-refractivity contribution in [2.45, 2.75) is 30.9 Å². The van der Waals surface area contributed by atoms with Crippen LogP contribution in [0.3, 0.4) is 0 Å². The van der Waals surface area contributed by atoms with Crippen molar-refractivity contribution < 1.29 is 13.6 Å². The van der Waals surface area contributed by atoms with Gasteiger partial charge in [0.2, 0.25) is 10.0 Å². The molecule has 104 valence electrons. The number of nitrogens with zero attached hydrogens (tertiary/aromatic N) is 1. The first kappa shape index (κ1) is 13.7. The number of oxime groups is 1. The maximum atomic E-state index is 12.1. The summed E-state index contributed by atoms with van der Waals surface area (Å²) in [4.78, 5) is 0. The summed E-state index contributed by atoms with van der Waals surface area (Å²) < 4.78 is 26.8. The third-order valence-corrected chi connectivity index (χ3v) is 5.14. The Kier molecular flexibility index (Phi) is 3.94. The molecule has 1 aliphatic rings. The summed E-state index contributed by atoms with van der Waals surface area (Å²) in [6.07, 6.45) is 3.32. The molecule has 0 unspecified atom stereocenters. The second-order valence-corrected chi connectivity index (χ2v) is 6.58. The summed E-state index contributed by atoms with van der Waals surface area (Å²) >= 11 is 0. The minimum atomic E-state index is -3.36. The highest BCUT2D eigenvalue weighted by Crippen LogP contribution is 2.26. The molecule has 0 saturated heterocycles. The highest BCUT2D eigenvalue weighted by atomic mass is 32.2. The van der Waals surface area contributed by atoms with Crippen LogP contribution in [0, 0.1) is 0 Å². The van der Waals surface area contributed by atoms with Gasteiger partial charge in [-0.05, 0) is 25.0 Å². The van der Waals surface area contributed by atoms with Crippen molar-refractivity contribution in [1.29, 1.82) is 0 Å². The Hall–Kier alpha value is -1.76. The summed E-state index contributed by atoms with van der Waals surface area (Å²) in [6, 6.07) is 6.48. The molecule has 0 radical (unpaired) electrons. The zero-order chi connectivity index (χ0) is 13.9. The molecule has 0 atom stereocenters. The number of nitrogens with two attached hydrogens (primary N) is 1. The van der Waals surface area contributed by atoms with E-state index in [0.29, 0.717) is 24.1 Å². The summed E-state index contributed by atoms with van der Waals surface area (Å²) in [5.74, 6) is -0.0538. The molecule has 1 aliphatic carbocycles. The first-order valence-corrected chi connectivity index (χ1v) is 7.67. The van der Waals surface area contributed by atoms with E-state index in [1.54, 1.807) is 24.3 Å². The van der Waals surface area contributed by atoms with E-state index in [4.69, 9.17) is 10.9 Å². The molecule has 0 bridgehead atoms. The molecule has 19 heavy (non-hydrogen) atoms. The lowest BCUT2D eigenvalue weighted by atomic mass is 10.2. The van der Waals surface area contributed by atoms with Gasteiger partial charge in [-0.15, -0.1) is 0 Å². The van der Waals surface area contributed by atoms with Gasteiger partial charge in [-0.1, -0.05) is 30.1 Å². The van der Waals surface area contributed by atoms with Crippen LogP contribution in [0.25, 0.3) is 0 Å². The average Bonchev–Trinajstić information content (AvgIpc) is 2.92. The molecule has 0 aromatic heterocycles. The zero-order valence-corrected chi connectivity index (χ0v) is 11.2. The van der Waals surface area contributed by atoms with Gasteiger partial charge in [0.25, 0.3) is 0 Å². The molecule has 1 aromatic carbocycles. The molecule has 1 fully saturated rings. The van der Waals surface area contributed by atoms with Crippen molar-refractivity contribution >= 4 is 21.5 Å². The Labute approximate surface area is 112 Å². The Morgan fingerprint density at radius 3 is 2.68 bits per heavy atom. The standard InChI is InChI=1S/C12H17N3O3S/c13-12(14-16)9-4-3-5-10(8-9)15-19(17,18)11-6-1-2-7-11/h3-5,8,11,15-16H,1-2,6-7H2,(H2,13,14). The average molecular weight is 283 g/mol. The van der Waals surface area contributed by atoms with Crippen molar-refractivity contribution in [3.63, 3.8) is 0 Å². The monoisotopic (exact) mass is 283 g/mol. The lowest BCUT2D eigenvalue weighted by Gasteiger charge is -2.13. The van der Waals surface area contributed by atoms with E-state index in [0.717, 1.165) is 12.8 Å². The van der Waals surface area contributed by atoms with Gasteiger partial charge >= 0.3 is 0 Å². The van der Waals surface area contributed by atoms with Crippen molar-refractivity contribution in [3.05, 3.63) is 29.8 Å². The Morgan fingerprint density at radius 2 is 2.05 bits per heavy atom. The fraction of sp³-hybridized carbons (Fsp3) is 0.417. The number of amidine groups is 1. The lowest BCUT2D eigenvalue weighted by Crippen LogP contribution is -2.25. The second kappa shape index (κ2) is 5.48. The van der Waals surface area contributed by atoms with E-state index in [9.17, 15) is 8.42 Å². The summed E-state index contributed by atoms with van der Waals surface area (Å²) in [6.45, 7) is 0. The number of hydrogen-bond donors (Lipinski definition) is 3. The number of nitrogens with one attached hydrogen (secondary N) is 1. The fourth-order valence-corrected chi connectivity index (χ4v) is 3.82. The summed E-state index contributed by atoms with van der Waals surface area (Å²) in [5.41, 5.74) is 6.37. The van der Waals surface area contributed by atoms with E-state index >= 15 is 0 Å². The van der Waals surface area contributed by atoms with Crippen LogP contribution in [0.4, 0.5) is 5.69 Å². The minimum Gasteiger partial charge on any atom is -0.409 e. The largest absolute Gasteiger partial charge is 0.409 e.